The minimum Gasteiger partial charge on any atom is -0.423 e. The summed E-state index contributed by atoms with van der Waals surface area (Å²) in [5, 5.41) is 27.7. The monoisotopic (exact) mass is 288 g/mol. The van der Waals surface area contributed by atoms with Crippen molar-refractivity contribution in [2.45, 2.75) is 32.5 Å². The standard InChI is InChI=1S/C13H18B2N2O2S/c1-4-13(2,3)14-12-17-16-11(20-12)9-5-7-10(8-6-9)15(18)19/h5-8,14,18-19H,4H2,1-3H3. The van der Waals surface area contributed by atoms with E-state index < -0.39 is 7.12 Å². The lowest BCUT2D eigenvalue weighted by Crippen LogP contribution is -2.29. The zero-order chi connectivity index (χ0) is 14.8. The van der Waals surface area contributed by atoms with Crippen molar-refractivity contribution in [3.8, 4) is 10.6 Å². The van der Waals surface area contributed by atoms with Gasteiger partial charge in [0.05, 0.1) is 4.91 Å². The van der Waals surface area contributed by atoms with Gasteiger partial charge in [-0.15, -0.1) is 16.4 Å². The van der Waals surface area contributed by atoms with Crippen LogP contribution in [0.5, 0.6) is 0 Å². The Labute approximate surface area is 124 Å². The van der Waals surface area contributed by atoms with Crippen molar-refractivity contribution in [1.29, 1.82) is 0 Å². The van der Waals surface area contributed by atoms with E-state index in [-0.39, 0.29) is 5.31 Å². The quantitative estimate of drug-likeness (QED) is 0.789. The highest BCUT2D eigenvalue weighted by molar-refractivity contribution is 7.23. The van der Waals surface area contributed by atoms with E-state index in [1.54, 1.807) is 23.5 Å². The third-order valence-corrected chi connectivity index (χ3v) is 4.48. The maximum atomic E-state index is 9.07. The molecule has 0 saturated heterocycles. The van der Waals surface area contributed by atoms with Gasteiger partial charge in [-0.3, -0.25) is 0 Å². The Morgan fingerprint density at radius 1 is 1.20 bits per heavy atom. The van der Waals surface area contributed by atoms with Crippen LogP contribution in [0, 0.1) is 0 Å². The average Bonchev–Trinajstić information content (AvgIpc) is 2.86. The van der Waals surface area contributed by atoms with Gasteiger partial charge in [-0.05, 0) is 5.46 Å². The Morgan fingerprint density at radius 2 is 1.85 bits per heavy atom. The summed E-state index contributed by atoms with van der Waals surface area (Å²) < 4.78 is 0. The fourth-order valence-corrected chi connectivity index (χ4v) is 2.88. The van der Waals surface area contributed by atoms with Crippen molar-refractivity contribution in [2.24, 2.45) is 0 Å². The molecule has 7 heteroatoms. The Hall–Kier alpha value is -1.17. The highest BCUT2D eigenvalue weighted by Gasteiger charge is 2.21. The third kappa shape index (κ3) is 3.68. The first-order chi connectivity index (χ1) is 9.41. The smallest absolute Gasteiger partial charge is 0.423 e. The molecule has 104 valence electrons. The van der Waals surface area contributed by atoms with Crippen LogP contribution in [0.2, 0.25) is 5.31 Å². The van der Waals surface area contributed by atoms with Crippen LogP contribution in [0.15, 0.2) is 24.3 Å². The van der Waals surface area contributed by atoms with E-state index in [2.05, 4.69) is 31.0 Å². The number of hydrogen-bond donors (Lipinski definition) is 2. The van der Waals surface area contributed by atoms with Crippen molar-refractivity contribution in [3.05, 3.63) is 24.3 Å². The zero-order valence-electron chi connectivity index (χ0n) is 12.0. The first kappa shape index (κ1) is 15.2. The molecule has 20 heavy (non-hydrogen) atoms. The molecule has 0 saturated carbocycles. The normalized spacial score (nSPS) is 11.4. The van der Waals surface area contributed by atoms with Gasteiger partial charge in [-0.1, -0.05) is 56.8 Å². The van der Waals surface area contributed by atoms with Crippen LogP contribution in [0.4, 0.5) is 0 Å². The van der Waals surface area contributed by atoms with Gasteiger partial charge in [-0.2, -0.15) is 5.10 Å². The molecular formula is C13H18B2N2O2S. The van der Waals surface area contributed by atoms with Crippen LogP contribution < -0.4 is 10.4 Å². The molecule has 1 aromatic heterocycles. The summed E-state index contributed by atoms with van der Waals surface area (Å²) in [5.41, 5.74) is 1.43. The molecule has 0 fully saturated rings. The number of nitrogens with zero attached hydrogens (tertiary/aromatic N) is 2. The number of rotatable bonds is 5. The molecule has 0 amide bonds. The van der Waals surface area contributed by atoms with E-state index >= 15 is 0 Å². The first-order valence-electron chi connectivity index (χ1n) is 6.70. The predicted molar refractivity (Wildman–Crippen MR) is 86.3 cm³/mol. The Morgan fingerprint density at radius 3 is 2.40 bits per heavy atom. The fraction of sp³-hybridized carbons (Fsp3) is 0.385. The maximum absolute atomic E-state index is 9.07. The molecule has 0 atom stereocenters. The molecule has 4 nitrogen and oxygen atoms in total. The number of benzene rings is 1. The Bertz CT molecular complexity index is 570. The molecule has 0 bridgehead atoms. The molecule has 0 radical (unpaired) electrons. The van der Waals surface area contributed by atoms with E-state index in [0.29, 0.717) is 5.46 Å². The van der Waals surface area contributed by atoms with Gasteiger partial charge in [0, 0.05) is 5.56 Å². The van der Waals surface area contributed by atoms with Crippen molar-refractivity contribution < 1.29 is 10.0 Å². The van der Waals surface area contributed by atoms with Gasteiger partial charge in [0.15, 0.2) is 0 Å². The molecule has 0 spiro atoms. The van der Waals surface area contributed by atoms with Crippen molar-refractivity contribution in [3.63, 3.8) is 0 Å². The van der Waals surface area contributed by atoms with Gasteiger partial charge in [0.2, 0.25) is 7.28 Å². The molecule has 0 unspecified atom stereocenters. The highest BCUT2D eigenvalue weighted by atomic mass is 32.1. The molecule has 1 aromatic carbocycles. The third-order valence-electron chi connectivity index (χ3n) is 3.51. The molecule has 0 aliphatic heterocycles. The fourth-order valence-electron chi connectivity index (χ4n) is 1.77. The van der Waals surface area contributed by atoms with E-state index in [1.807, 2.05) is 12.1 Å². The Balaban J connectivity index is 2.16. The maximum Gasteiger partial charge on any atom is 0.488 e. The van der Waals surface area contributed by atoms with E-state index in [4.69, 9.17) is 10.0 Å². The van der Waals surface area contributed by atoms with Crippen LogP contribution in [-0.2, 0) is 0 Å². The van der Waals surface area contributed by atoms with Crippen molar-refractivity contribution in [2.75, 3.05) is 0 Å². The summed E-state index contributed by atoms with van der Waals surface area (Å²) in [4.78, 5) is 1.04. The molecule has 2 aromatic rings. The summed E-state index contributed by atoms with van der Waals surface area (Å²) in [6.45, 7) is 6.64. The summed E-state index contributed by atoms with van der Waals surface area (Å²) in [6.07, 6.45) is 1.10. The van der Waals surface area contributed by atoms with Gasteiger partial charge in [0.25, 0.3) is 0 Å². The summed E-state index contributed by atoms with van der Waals surface area (Å²) in [7, 11) is -0.506. The lowest BCUT2D eigenvalue weighted by Gasteiger charge is -2.18. The molecular weight excluding hydrogens is 270 g/mol. The van der Waals surface area contributed by atoms with Gasteiger partial charge in [0.1, 0.15) is 5.01 Å². The SMILES string of the molecule is CCC(C)(C)Bc1nnc(-c2ccc(B(O)O)cc2)s1. The average molecular weight is 288 g/mol. The second-order valence-electron chi connectivity index (χ2n) is 5.69. The lowest BCUT2D eigenvalue weighted by molar-refractivity contribution is 0.426. The molecule has 2 N–H and O–H groups in total. The summed E-state index contributed by atoms with van der Waals surface area (Å²) >= 11 is 1.60. The second-order valence-corrected chi connectivity index (χ2v) is 6.75. The largest absolute Gasteiger partial charge is 0.488 e. The lowest BCUT2D eigenvalue weighted by atomic mass is 9.54. The topological polar surface area (TPSA) is 66.2 Å². The first-order valence-corrected chi connectivity index (χ1v) is 7.52. The number of aromatic nitrogens is 2. The molecule has 0 aliphatic rings. The molecule has 2 rings (SSSR count). The predicted octanol–water partition coefficient (Wildman–Crippen LogP) is 0.555. The van der Waals surface area contributed by atoms with Crippen LogP contribution in [0.1, 0.15) is 27.2 Å². The number of hydrogen-bond acceptors (Lipinski definition) is 5. The van der Waals surface area contributed by atoms with E-state index in [0.717, 1.165) is 29.2 Å². The minimum atomic E-state index is -1.43. The van der Waals surface area contributed by atoms with Gasteiger partial charge in [-0.25, -0.2) is 0 Å². The molecule has 1 heterocycles. The van der Waals surface area contributed by atoms with Crippen LogP contribution >= 0.6 is 11.3 Å². The Kier molecular flexibility index (Phi) is 4.62. The van der Waals surface area contributed by atoms with Crippen LogP contribution in [0.3, 0.4) is 0 Å². The minimum absolute atomic E-state index is 0.238. The summed E-state index contributed by atoms with van der Waals surface area (Å²) in [6, 6.07) is 7.06. The molecule has 0 aliphatic carbocycles. The summed E-state index contributed by atoms with van der Waals surface area (Å²) in [5.74, 6) is 0. The van der Waals surface area contributed by atoms with Crippen LogP contribution in [-0.4, -0.2) is 34.6 Å². The second kappa shape index (κ2) is 6.08. The zero-order valence-corrected chi connectivity index (χ0v) is 12.8. The van der Waals surface area contributed by atoms with Gasteiger partial charge >= 0.3 is 7.12 Å². The van der Waals surface area contributed by atoms with Crippen LogP contribution in [0.25, 0.3) is 10.6 Å². The van der Waals surface area contributed by atoms with Crippen molar-refractivity contribution >= 4 is 36.1 Å². The highest BCUT2D eigenvalue weighted by Crippen LogP contribution is 2.27. The van der Waals surface area contributed by atoms with Crippen molar-refractivity contribution in [1.82, 2.24) is 10.2 Å². The van der Waals surface area contributed by atoms with E-state index in [9.17, 15) is 0 Å². The van der Waals surface area contributed by atoms with E-state index in [1.165, 1.54) is 0 Å². The van der Waals surface area contributed by atoms with Gasteiger partial charge < -0.3 is 10.0 Å².